The van der Waals surface area contributed by atoms with Crippen LogP contribution in [0.2, 0.25) is 0 Å². The fraction of sp³-hybridized carbons (Fsp3) is 1.00. The molecule has 6 rings (SSSR count). The van der Waals surface area contributed by atoms with Crippen LogP contribution in [0, 0.1) is 17.8 Å². The van der Waals surface area contributed by atoms with Crippen LogP contribution in [0.5, 0.6) is 0 Å². The van der Waals surface area contributed by atoms with Gasteiger partial charge in [-0.25, -0.2) is 0 Å². The Morgan fingerprint density at radius 3 is 2.11 bits per heavy atom. The molecule has 6 fully saturated rings. The molecule has 0 aromatic heterocycles. The van der Waals surface area contributed by atoms with E-state index in [0.29, 0.717) is 5.54 Å². The van der Waals surface area contributed by atoms with Crippen LogP contribution in [0.15, 0.2) is 0 Å². The minimum Gasteiger partial charge on any atom is -0.322 e. The molecule has 7 atom stereocenters. The summed E-state index contributed by atoms with van der Waals surface area (Å²) in [7, 11) is 0. The molecule has 0 aromatic carbocycles. The van der Waals surface area contributed by atoms with Crippen molar-refractivity contribution in [2.45, 2.75) is 23.7 Å². The largest absolute Gasteiger partial charge is 0.322 e. The zero-order chi connectivity index (χ0) is 5.54. The fourth-order valence-electron chi connectivity index (χ4n) is 4.79. The molecule has 3 saturated heterocycles. The van der Waals surface area contributed by atoms with Gasteiger partial charge in [0.25, 0.3) is 0 Å². The molecule has 3 heterocycles. The number of nitrogens with zero attached hydrogens (tertiary/aromatic N) is 1. The average Bonchev–Trinajstić information content (AvgIpc) is 1.88. The van der Waals surface area contributed by atoms with Gasteiger partial charge in [-0.3, -0.25) is 4.90 Å². The number of hydrogen-bond donors (Lipinski definition) is 1. The van der Waals surface area contributed by atoms with Crippen LogP contribution in [0.3, 0.4) is 0 Å². The van der Waals surface area contributed by atoms with Crippen molar-refractivity contribution in [3.05, 3.63) is 0 Å². The number of nitrogens with two attached hydrogens (primary N) is 1. The van der Waals surface area contributed by atoms with E-state index in [4.69, 9.17) is 5.73 Å². The van der Waals surface area contributed by atoms with Crippen LogP contribution in [0.25, 0.3) is 0 Å². The highest BCUT2D eigenvalue weighted by Crippen LogP contribution is 2.90. The van der Waals surface area contributed by atoms with Gasteiger partial charge in [0.15, 0.2) is 0 Å². The Kier molecular flexibility index (Phi) is 0.195. The van der Waals surface area contributed by atoms with Crippen molar-refractivity contribution < 1.29 is 0 Å². The Morgan fingerprint density at radius 2 is 1.89 bits per heavy atom. The van der Waals surface area contributed by atoms with Gasteiger partial charge in [-0.1, -0.05) is 0 Å². The first-order valence-corrected chi connectivity index (χ1v) is 3.93. The summed E-state index contributed by atoms with van der Waals surface area (Å²) in [6.07, 6.45) is 0. The lowest BCUT2D eigenvalue weighted by atomic mass is 9.13. The molecule has 0 amide bonds. The van der Waals surface area contributed by atoms with E-state index in [1.165, 1.54) is 0 Å². The highest BCUT2D eigenvalue weighted by Gasteiger charge is 3.03. The van der Waals surface area contributed by atoms with Crippen molar-refractivity contribution in [2.75, 3.05) is 0 Å². The molecule has 0 radical (unpaired) electrons. The van der Waals surface area contributed by atoms with Crippen molar-refractivity contribution >= 4 is 0 Å². The topological polar surface area (TPSA) is 29.3 Å². The molecule has 46 valence electrons. The lowest BCUT2D eigenvalue weighted by Gasteiger charge is -3.07. The molecule has 3 aliphatic heterocycles. The molecule has 2 heteroatoms. The molecule has 3 saturated carbocycles. The summed E-state index contributed by atoms with van der Waals surface area (Å²) in [4.78, 5) is 2.65. The number of rotatable bonds is 0. The summed E-state index contributed by atoms with van der Waals surface area (Å²) in [5, 5.41) is 0. The summed E-state index contributed by atoms with van der Waals surface area (Å²) >= 11 is 0. The van der Waals surface area contributed by atoms with Crippen LogP contribution in [0.4, 0.5) is 0 Å². The maximum Gasteiger partial charge on any atom is 0.0513 e. The molecule has 2 nitrogen and oxygen atoms in total. The fourth-order valence-corrected chi connectivity index (χ4v) is 4.79. The van der Waals surface area contributed by atoms with Gasteiger partial charge in [0.1, 0.15) is 0 Å². The second-order valence-corrected chi connectivity index (χ2v) is 4.51. The minimum absolute atomic E-state index is 0.393. The average molecular weight is 120 g/mol. The van der Waals surface area contributed by atoms with Crippen molar-refractivity contribution in [3.8, 4) is 0 Å². The first-order valence-electron chi connectivity index (χ1n) is 3.93. The van der Waals surface area contributed by atoms with E-state index >= 15 is 0 Å². The monoisotopic (exact) mass is 120 g/mol. The van der Waals surface area contributed by atoms with Crippen LogP contribution in [-0.4, -0.2) is 28.6 Å². The first kappa shape index (κ1) is 3.35. The molecule has 0 aromatic rings. The Balaban J connectivity index is 1.93. The number of hydrogen-bond acceptors (Lipinski definition) is 2. The third kappa shape index (κ3) is 0.0955. The predicted octanol–water partition coefficient (Wildman–Crippen LogP) is -0.992. The maximum atomic E-state index is 6.14. The minimum atomic E-state index is 0.393. The van der Waals surface area contributed by atoms with Gasteiger partial charge in [-0.15, -0.1) is 0 Å². The lowest BCUT2D eigenvalue weighted by Crippen LogP contribution is -3.21. The Bertz CT molecular complexity index is 209. The van der Waals surface area contributed by atoms with Crippen LogP contribution in [-0.2, 0) is 0 Å². The molecule has 3 aliphatic carbocycles. The van der Waals surface area contributed by atoms with E-state index in [9.17, 15) is 0 Å². The summed E-state index contributed by atoms with van der Waals surface area (Å²) in [5.74, 6) is 3.22. The van der Waals surface area contributed by atoms with Crippen molar-refractivity contribution in [1.29, 1.82) is 0 Å². The second-order valence-electron chi connectivity index (χ2n) is 4.51. The van der Waals surface area contributed by atoms with Crippen LogP contribution in [0.1, 0.15) is 0 Å². The van der Waals surface area contributed by atoms with Crippen molar-refractivity contribution in [1.82, 2.24) is 4.90 Å². The normalized spacial score (nSPS) is 99.7. The summed E-state index contributed by atoms with van der Waals surface area (Å²) in [6.45, 7) is 0. The second kappa shape index (κ2) is 0.523. The molecular formula is C7H8N2. The third-order valence-electron chi connectivity index (χ3n) is 4.94. The molecule has 0 bridgehead atoms. The van der Waals surface area contributed by atoms with Gasteiger partial charge >= 0.3 is 0 Å². The zero-order valence-electron chi connectivity index (χ0n) is 4.99. The molecule has 6 aliphatic rings. The Hall–Kier alpha value is -0.0800. The highest BCUT2D eigenvalue weighted by atomic mass is 15.6. The van der Waals surface area contributed by atoms with E-state index in [-0.39, 0.29) is 0 Å². The van der Waals surface area contributed by atoms with Gasteiger partial charge in [-0.2, -0.15) is 0 Å². The maximum absolute atomic E-state index is 6.14. The lowest BCUT2D eigenvalue weighted by molar-refractivity contribution is -0.554. The van der Waals surface area contributed by atoms with Crippen LogP contribution < -0.4 is 5.73 Å². The van der Waals surface area contributed by atoms with Crippen molar-refractivity contribution in [3.63, 3.8) is 0 Å². The smallest absolute Gasteiger partial charge is 0.0513 e. The first-order chi connectivity index (χ1) is 4.37. The van der Waals surface area contributed by atoms with Crippen molar-refractivity contribution in [2.24, 2.45) is 23.5 Å². The Morgan fingerprint density at radius 1 is 1.22 bits per heavy atom. The number of piperidine rings is 12. The standard InChI is InChI=1S/C7H8N2/c8-7-3-1-4-2(3)6(7)9(4)5(1)7/h1-6H,8H2/t1-,2+,3?,4?,5+,6-,7?. The quantitative estimate of drug-likeness (QED) is 0.444. The van der Waals surface area contributed by atoms with Gasteiger partial charge in [0.2, 0.25) is 0 Å². The molecule has 3 unspecified atom stereocenters. The Labute approximate surface area is 53.0 Å². The summed E-state index contributed by atoms with van der Waals surface area (Å²) in [6, 6.07) is 2.85. The van der Waals surface area contributed by atoms with E-state index in [1.54, 1.807) is 0 Å². The van der Waals surface area contributed by atoms with E-state index in [1.807, 2.05) is 0 Å². The van der Waals surface area contributed by atoms with Crippen LogP contribution >= 0.6 is 0 Å². The predicted molar refractivity (Wildman–Crippen MR) is 30.6 cm³/mol. The van der Waals surface area contributed by atoms with Gasteiger partial charge in [0.05, 0.1) is 5.54 Å². The third-order valence-corrected chi connectivity index (χ3v) is 4.94. The zero-order valence-corrected chi connectivity index (χ0v) is 4.99. The van der Waals surface area contributed by atoms with E-state index in [2.05, 4.69) is 4.90 Å². The SMILES string of the molecule is NC12C3[C@@H]4C5[C@H]3[C@H]1N5[C@@H]42. The molecular weight excluding hydrogens is 112 g/mol. The highest BCUT2D eigenvalue weighted by molar-refractivity contribution is 5.58. The van der Waals surface area contributed by atoms with E-state index in [0.717, 1.165) is 35.9 Å². The van der Waals surface area contributed by atoms with Gasteiger partial charge < -0.3 is 5.73 Å². The van der Waals surface area contributed by atoms with Gasteiger partial charge in [-0.05, 0) is 17.8 Å². The van der Waals surface area contributed by atoms with E-state index < -0.39 is 0 Å². The summed E-state index contributed by atoms with van der Waals surface area (Å²) in [5.41, 5.74) is 6.53. The molecule has 2 N–H and O–H groups in total. The molecule has 9 heavy (non-hydrogen) atoms. The van der Waals surface area contributed by atoms with Gasteiger partial charge in [0, 0.05) is 18.1 Å². The molecule has 0 spiro atoms. The summed E-state index contributed by atoms with van der Waals surface area (Å²) < 4.78 is 0.